The number of hydrogen-bond donors (Lipinski definition) is 1. The van der Waals surface area contributed by atoms with Crippen molar-refractivity contribution < 1.29 is 14.3 Å². The molecule has 0 spiro atoms. The second-order valence-corrected chi connectivity index (χ2v) is 5.58. The zero-order chi connectivity index (χ0) is 14.7. The van der Waals surface area contributed by atoms with Crippen molar-refractivity contribution in [2.75, 3.05) is 27.2 Å². The predicted molar refractivity (Wildman–Crippen MR) is 75.3 cm³/mol. The molecule has 1 aliphatic rings. The molecule has 1 saturated heterocycles. The average molecular weight is 280 g/mol. The summed E-state index contributed by atoms with van der Waals surface area (Å²) < 4.78 is 13.8. The maximum Gasteiger partial charge on any atom is 0.335 e. The van der Waals surface area contributed by atoms with Crippen molar-refractivity contribution in [1.29, 1.82) is 0 Å². The van der Waals surface area contributed by atoms with Crippen LogP contribution >= 0.6 is 0 Å². The van der Waals surface area contributed by atoms with Crippen LogP contribution in [0.15, 0.2) is 18.2 Å². The summed E-state index contributed by atoms with van der Waals surface area (Å²) in [5.74, 6) is -1.37. The number of aromatic carboxylic acids is 1. The van der Waals surface area contributed by atoms with Gasteiger partial charge in [-0.05, 0) is 51.7 Å². The average Bonchev–Trinajstić information content (AvgIpc) is 2.77. The fraction of sp³-hybridized carbons (Fsp3) is 0.533. The first-order valence-electron chi connectivity index (χ1n) is 6.88. The van der Waals surface area contributed by atoms with E-state index in [4.69, 9.17) is 5.11 Å². The number of rotatable bonds is 5. The summed E-state index contributed by atoms with van der Waals surface area (Å²) in [4.78, 5) is 15.3. The number of carbonyl (C=O) groups is 1. The summed E-state index contributed by atoms with van der Waals surface area (Å²) >= 11 is 0. The summed E-state index contributed by atoms with van der Waals surface area (Å²) in [6.45, 7) is 2.41. The molecule has 1 aromatic carbocycles. The molecule has 0 amide bonds. The van der Waals surface area contributed by atoms with E-state index in [-0.39, 0.29) is 11.4 Å². The van der Waals surface area contributed by atoms with E-state index in [1.807, 2.05) is 7.05 Å². The van der Waals surface area contributed by atoms with Crippen LogP contribution in [-0.2, 0) is 6.54 Å². The van der Waals surface area contributed by atoms with Gasteiger partial charge in [0, 0.05) is 24.7 Å². The molecule has 0 aromatic heterocycles. The third kappa shape index (κ3) is 3.55. The van der Waals surface area contributed by atoms with E-state index in [0.717, 1.165) is 13.1 Å². The van der Waals surface area contributed by atoms with E-state index in [9.17, 15) is 9.18 Å². The van der Waals surface area contributed by atoms with Gasteiger partial charge >= 0.3 is 5.97 Å². The highest BCUT2D eigenvalue weighted by Crippen LogP contribution is 2.18. The van der Waals surface area contributed by atoms with Gasteiger partial charge in [-0.3, -0.25) is 0 Å². The van der Waals surface area contributed by atoms with Gasteiger partial charge in [0.25, 0.3) is 0 Å². The molecule has 4 nitrogen and oxygen atoms in total. The summed E-state index contributed by atoms with van der Waals surface area (Å²) in [5, 5.41) is 8.96. The monoisotopic (exact) mass is 280 g/mol. The first-order chi connectivity index (χ1) is 9.47. The van der Waals surface area contributed by atoms with Crippen LogP contribution in [0.3, 0.4) is 0 Å². The number of nitrogens with zero attached hydrogens (tertiary/aromatic N) is 2. The minimum absolute atomic E-state index is 0.132. The molecule has 110 valence electrons. The number of likely N-dealkylation sites (tertiary alicyclic amines) is 1. The Hall–Kier alpha value is -1.46. The van der Waals surface area contributed by atoms with Crippen LogP contribution in [0.4, 0.5) is 4.39 Å². The van der Waals surface area contributed by atoms with Crippen molar-refractivity contribution in [3.05, 3.63) is 35.1 Å². The third-order valence-corrected chi connectivity index (χ3v) is 3.93. The standard InChI is InChI=1S/C15H21FN2O2/c1-17(10-13-4-3-7-18(13)2)9-12-8-11(15(19)20)5-6-14(12)16/h5-6,8,13H,3-4,7,9-10H2,1-2H3,(H,19,20). The van der Waals surface area contributed by atoms with Gasteiger partial charge in [-0.1, -0.05) is 0 Å². The Morgan fingerprint density at radius 3 is 2.90 bits per heavy atom. The first-order valence-corrected chi connectivity index (χ1v) is 6.88. The van der Waals surface area contributed by atoms with Crippen LogP contribution in [0.2, 0.25) is 0 Å². The molecule has 0 bridgehead atoms. The molecule has 1 fully saturated rings. The van der Waals surface area contributed by atoms with Crippen LogP contribution < -0.4 is 0 Å². The maximum atomic E-state index is 13.8. The molecule has 1 atom stereocenters. The molecular formula is C15H21FN2O2. The topological polar surface area (TPSA) is 43.8 Å². The molecule has 0 saturated carbocycles. The fourth-order valence-electron chi connectivity index (χ4n) is 2.75. The molecule has 1 aliphatic heterocycles. The lowest BCUT2D eigenvalue weighted by Crippen LogP contribution is -2.36. The third-order valence-electron chi connectivity index (χ3n) is 3.93. The molecule has 0 aliphatic carbocycles. The normalized spacial score (nSPS) is 19.7. The highest BCUT2D eigenvalue weighted by Gasteiger charge is 2.22. The lowest BCUT2D eigenvalue weighted by Gasteiger charge is -2.26. The number of hydrogen-bond acceptors (Lipinski definition) is 3. The lowest BCUT2D eigenvalue weighted by atomic mass is 10.1. The minimum atomic E-state index is -1.02. The van der Waals surface area contributed by atoms with E-state index in [2.05, 4.69) is 16.8 Å². The Morgan fingerprint density at radius 2 is 2.30 bits per heavy atom. The first kappa shape index (κ1) is 14.9. The number of benzene rings is 1. The van der Waals surface area contributed by atoms with Crippen molar-refractivity contribution in [3.8, 4) is 0 Å². The zero-order valence-corrected chi connectivity index (χ0v) is 12.0. The van der Waals surface area contributed by atoms with Gasteiger partial charge in [0.2, 0.25) is 0 Å². The van der Waals surface area contributed by atoms with Crippen LogP contribution in [0.5, 0.6) is 0 Å². The van der Waals surface area contributed by atoms with Crippen LogP contribution in [-0.4, -0.2) is 54.1 Å². The Labute approximate surface area is 118 Å². The maximum absolute atomic E-state index is 13.8. The number of carboxylic acid groups (broad SMARTS) is 1. The van der Waals surface area contributed by atoms with E-state index in [1.54, 1.807) is 0 Å². The smallest absolute Gasteiger partial charge is 0.335 e. The number of likely N-dealkylation sites (N-methyl/N-ethyl adjacent to an activating group) is 2. The van der Waals surface area contributed by atoms with Gasteiger partial charge < -0.3 is 14.9 Å². The minimum Gasteiger partial charge on any atom is -0.478 e. The SMILES string of the molecule is CN(Cc1cc(C(=O)O)ccc1F)CC1CCCN1C. The largest absolute Gasteiger partial charge is 0.478 e. The Bertz CT molecular complexity index is 493. The molecule has 2 rings (SSSR count). The van der Waals surface area contributed by atoms with Gasteiger partial charge in [0.15, 0.2) is 0 Å². The quantitative estimate of drug-likeness (QED) is 0.896. The molecule has 0 radical (unpaired) electrons. The molecule has 1 aromatic rings. The van der Waals surface area contributed by atoms with Crippen LogP contribution in [0, 0.1) is 5.82 Å². The van der Waals surface area contributed by atoms with E-state index in [1.165, 1.54) is 31.0 Å². The van der Waals surface area contributed by atoms with Gasteiger partial charge in [0.1, 0.15) is 5.82 Å². The highest BCUT2D eigenvalue weighted by atomic mass is 19.1. The van der Waals surface area contributed by atoms with Gasteiger partial charge in [-0.15, -0.1) is 0 Å². The molecular weight excluding hydrogens is 259 g/mol. The Balaban J connectivity index is 2.01. The fourth-order valence-corrected chi connectivity index (χ4v) is 2.75. The number of carboxylic acids is 1. The van der Waals surface area contributed by atoms with Gasteiger partial charge in [-0.2, -0.15) is 0 Å². The van der Waals surface area contributed by atoms with Crippen LogP contribution in [0.25, 0.3) is 0 Å². The van der Waals surface area contributed by atoms with Crippen molar-refractivity contribution in [2.24, 2.45) is 0 Å². The summed E-state index contributed by atoms with van der Waals surface area (Å²) in [5.41, 5.74) is 0.570. The lowest BCUT2D eigenvalue weighted by molar-refractivity contribution is 0.0696. The highest BCUT2D eigenvalue weighted by molar-refractivity contribution is 5.87. The van der Waals surface area contributed by atoms with Crippen molar-refractivity contribution in [3.63, 3.8) is 0 Å². The van der Waals surface area contributed by atoms with Crippen molar-refractivity contribution in [1.82, 2.24) is 9.80 Å². The van der Waals surface area contributed by atoms with E-state index >= 15 is 0 Å². The second kappa shape index (κ2) is 6.33. The van der Waals surface area contributed by atoms with Crippen LogP contribution in [0.1, 0.15) is 28.8 Å². The van der Waals surface area contributed by atoms with Crippen molar-refractivity contribution >= 4 is 5.97 Å². The summed E-state index contributed by atoms with van der Waals surface area (Å²) in [6.07, 6.45) is 2.37. The zero-order valence-electron chi connectivity index (χ0n) is 12.0. The molecule has 5 heteroatoms. The van der Waals surface area contributed by atoms with E-state index < -0.39 is 5.97 Å². The van der Waals surface area contributed by atoms with Gasteiger partial charge in [0.05, 0.1) is 5.56 Å². The molecule has 1 heterocycles. The molecule has 20 heavy (non-hydrogen) atoms. The Morgan fingerprint density at radius 1 is 1.55 bits per heavy atom. The van der Waals surface area contributed by atoms with E-state index in [0.29, 0.717) is 18.2 Å². The molecule has 1 N–H and O–H groups in total. The second-order valence-electron chi connectivity index (χ2n) is 5.58. The van der Waals surface area contributed by atoms with Crippen molar-refractivity contribution in [2.45, 2.75) is 25.4 Å². The van der Waals surface area contributed by atoms with Gasteiger partial charge in [-0.25, -0.2) is 9.18 Å². The Kier molecular flexibility index (Phi) is 4.73. The summed E-state index contributed by atoms with van der Waals surface area (Å²) in [6, 6.07) is 4.46. The summed E-state index contributed by atoms with van der Waals surface area (Å²) in [7, 11) is 4.05. The predicted octanol–water partition coefficient (Wildman–Crippen LogP) is 2.05. The number of halogens is 1. The molecule has 1 unspecified atom stereocenters.